The van der Waals surface area contributed by atoms with Crippen LogP contribution in [0.1, 0.15) is 28.5 Å². The first-order chi connectivity index (χ1) is 13.1. The van der Waals surface area contributed by atoms with Gasteiger partial charge >= 0.3 is 5.97 Å². The monoisotopic (exact) mass is 367 g/mol. The highest BCUT2D eigenvalue weighted by Crippen LogP contribution is 2.20. The molecule has 1 unspecified atom stereocenters. The van der Waals surface area contributed by atoms with Crippen LogP contribution in [0.4, 0.5) is 4.39 Å². The van der Waals surface area contributed by atoms with E-state index in [1.807, 2.05) is 30.3 Å². The van der Waals surface area contributed by atoms with Crippen molar-refractivity contribution >= 4 is 11.9 Å². The number of aromatic nitrogens is 2. The molecule has 0 saturated heterocycles. The lowest BCUT2D eigenvalue weighted by Crippen LogP contribution is -2.30. The molecule has 1 heterocycles. The van der Waals surface area contributed by atoms with Crippen LogP contribution in [0.2, 0.25) is 0 Å². The molecule has 2 aromatic carbocycles. The van der Waals surface area contributed by atoms with Crippen LogP contribution in [0.3, 0.4) is 0 Å². The summed E-state index contributed by atoms with van der Waals surface area (Å²) in [5.41, 5.74) is 2.22. The molecule has 1 atom stereocenters. The van der Waals surface area contributed by atoms with Gasteiger partial charge in [0, 0.05) is 5.56 Å². The first-order valence-corrected chi connectivity index (χ1v) is 8.31. The maximum absolute atomic E-state index is 13.0. The lowest BCUT2D eigenvalue weighted by molar-refractivity contribution is -0.141. The summed E-state index contributed by atoms with van der Waals surface area (Å²) < 4.78 is 17.8. The molecular weight excluding hydrogens is 349 g/mol. The van der Waals surface area contributed by atoms with Crippen LogP contribution in [0.25, 0.3) is 11.3 Å². The van der Waals surface area contributed by atoms with E-state index in [-0.39, 0.29) is 17.9 Å². The number of nitrogens with one attached hydrogen (secondary N) is 2. The van der Waals surface area contributed by atoms with Gasteiger partial charge in [-0.15, -0.1) is 0 Å². The largest absolute Gasteiger partial charge is 0.469 e. The Labute approximate surface area is 155 Å². The van der Waals surface area contributed by atoms with E-state index in [0.717, 1.165) is 5.56 Å². The third kappa shape index (κ3) is 4.58. The van der Waals surface area contributed by atoms with Crippen LogP contribution in [-0.4, -0.2) is 29.2 Å². The van der Waals surface area contributed by atoms with Crippen LogP contribution < -0.4 is 5.32 Å². The second kappa shape index (κ2) is 8.27. The van der Waals surface area contributed by atoms with Crippen molar-refractivity contribution in [1.82, 2.24) is 15.5 Å². The number of aromatic amines is 1. The molecule has 2 N–H and O–H groups in total. The third-order valence-electron chi connectivity index (χ3n) is 4.07. The number of H-pyrrole nitrogens is 1. The molecule has 3 aromatic rings. The van der Waals surface area contributed by atoms with E-state index in [9.17, 15) is 14.0 Å². The van der Waals surface area contributed by atoms with Gasteiger partial charge in [-0.1, -0.05) is 30.3 Å². The zero-order valence-electron chi connectivity index (χ0n) is 14.6. The molecule has 0 aliphatic rings. The van der Waals surface area contributed by atoms with Gasteiger partial charge < -0.3 is 10.1 Å². The Balaban J connectivity index is 1.77. The van der Waals surface area contributed by atoms with Crippen LogP contribution in [0.5, 0.6) is 0 Å². The normalized spacial score (nSPS) is 11.6. The van der Waals surface area contributed by atoms with E-state index in [1.165, 1.54) is 19.2 Å². The van der Waals surface area contributed by atoms with Crippen molar-refractivity contribution in [2.75, 3.05) is 7.11 Å². The van der Waals surface area contributed by atoms with E-state index in [4.69, 9.17) is 4.74 Å². The standard InChI is InChI=1S/C20H18FN3O3/c1-27-19(25)12-16(13-5-3-2-4-6-13)22-20(26)18-11-17(23-24-18)14-7-9-15(21)10-8-14/h2-11,16H,12H2,1H3,(H,22,26)(H,23,24). The summed E-state index contributed by atoms with van der Waals surface area (Å²) in [7, 11) is 1.30. The van der Waals surface area contributed by atoms with Crippen LogP contribution in [0, 0.1) is 5.82 Å². The fraction of sp³-hybridized carbons (Fsp3) is 0.150. The number of rotatable bonds is 6. The molecule has 6 nitrogen and oxygen atoms in total. The number of methoxy groups -OCH3 is 1. The summed E-state index contributed by atoms with van der Waals surface area (Å²) in [6.07, 6.45) is 0.00517. The number of carbonyl (C=O) groups is 2. The van der Waals surface area contributed by atoms with Gasteiger partial charge in [0.2, 0.25) is 0 Å². The molecule has 0 radical (unpaired) electrons. The third-order valence-corrected chi connectivity index (χ3v) is 4.07. The predicted octanol–water partition coefficient (Wildman–Crippen LogP) is 3.25. The van der Waals surface area contributed by atoms with Gasteiger partial charge in [-0.05, 0) is 35.9 Å². The van der Waals surface area contributed by atoms with Crippen molar-refractivity contribution in [3.8, 4) is 11.3 Å². The average Bonchev–Trinajstić information content (AvgIpc) is 3.19. The van der Waals surface area contributed by atoms with E-state index in [0.29, 0.717) is 11.3 Å². The minimum atomic E-state index is -0.538. The number of nitrogens with zero attached hydrogens (tertiary/aromatic N) is 1. The molecule has 0 bridgehead atoms. The molecule has 0 fully saturated rings. The second-order valence-corrected chi connectivity index (χ2v) is 5.89. The molecule has 3 rings (SSSR count). The number of hydrogen-bond acceptors (Lipinski definition) is 4. The Hall–Kier alpha value is -3.48. The average molecular weight is 367 g/mol. The van der Waals surface area contributed by atoms with E-state index >= 15 is 0 Å². The smallest absolute Gasteiger partial charge is 0.307 e. The van der Waals surface area contributed by atoms with Gasteiger partial charge in [0.05, 0.1) is 25.3 Å². The van der Waals surface area contributed by atoms with Gasteiger partial charge in [-0.25, -0.2) is 4.39 Å². The van der Waals surface area contributed by atoms with Gasteiger partial charge in [0.15, 0.2) is 0 Å². The Morgan fingerprint density at radius 2 is 1.85 bits per heavy atom. The number of hydrogen-bond donors (Lipinski definition) is 2. The number of carbonyl (C=O) groups excluding carboxylic acids is 2. The van der Waals surface area contributed by atoms with Gasteiger partial charge in [-0.3, -0.25) is 14.7 Å². The molecule has 27 heavy (non-hydrogen) atoms. The highest BCUT2D eigenvalue weighted by Gasteiger charge is 2.21. The van der Waals surface area contributed by atoms with Crippen molar-refractivity contribution < 1.29 is 18.7 Å². The zero-order chi connectivity index (χ0) is 19.2. The van der Waals surface area contributed by atoms with Crippen LogP contribution >= 0.6 is 0 Å². The number of amides is 1. The zero-order valence-corrected chi connectivity index (χ0v) is 14.6. The van der Waals surface area contributed by atoms with Crippen molar-refractivity contribution in [2.45, 2.75) is 12.5 Å². The Morgan fingerprint density at radius 1 is 1.15 bits per heavy atom. The van der Waals surface area contributed by atoms with Crippen molar-refractivity contribution in [2.24, 2.45) is 0 Å². The summed E-state index contributed by atoms with van der Waals surface area (Å²) in [4.78, 5) is 24.3. The van der Waals surface area contributed by atoms with Crippen LogP contribution in [-0.2, 0) is 9.53 Å². The number of ether oxygens (including phenoxy) is 1. The highest BCUT2D eigenvalue weighted by atomic mass is 19.1. The highest BCUT2D eigenvalue weighted by molar-refractivity contribution is 5.94. The first kappa shape index (κ1) is 18.3. The fourth-order valence-corrected chi connectivity index (χ4v) is 2.63. The summed E-state index contributed by atoms with van der Waals surface area (Å²) >= 11 is 0. The molecule has 1 aromatic heterocycles. The fourth-order valence-electron chi connectivity index (χ4n) is 2.63. The first-order valence-electron chi connectivity index (χ1n) is 8.31. The minimum absolute atomic E-state index is 0.00517. The summed E-state index contributed by atoms with van der Waals surface area (Å²) in [5, 5.41) is 9.58. The minimum Gasteiger partial charge on any atom is -0.469 e. The number of benzene rings is 2. The maximum atomic E-state index is 13.0. The molecule has 0 aliphatic heterocycles. The summed E-state index contributed by atoms with van der Waals surface area (Å²) in [6, 6.07) is 16.0. The molecule has 0 aliphatic carbocycles. The Bertz CT molecular complexity index is 923. The Morgan fingerprint density at radius 3 is 2.52 bits per heavy atom. The lowest BCUT2D eigenvalue weighted by Gasteiger charge is -2.17. The van der Waals surface area contributed by atoms with Crippen LogP contribution in [0.15, 0.2) is 60.7 Å². The predicted molar refractivity (Wildman–Crippen MR) is 97.3 cm³/mol. The maximum Gasteiger partial charge on any atom is 0.307 e. The summed E-state index contributed by atoms with van der Waals surface area (Å²) in [5.74, 6) is -1.19. The molecule has 1 amide bonds. The topological polar surface area (TPSA) is 84.1 Å². The van der Waals surface area contributed by atoms with Gasteiger partial charge in [-0.2, -0.15) is 5.10 Å². The second-order valence-electron chi connectivity index (χ2n) is 5.89. The summed E-state index contributed by atoms with van der Waals surface area (Å²) in [6.45, 7) is 0. The molecule has 7 heteroatoms. The van der Waals surface area contributed by atoms with Crippen molar-refractivity contribution in [3.05, 3.63) is 77.7 Å². The van der Waals surface area contributed by atoms with E-state index in [2.05, 4.69) is 15.5 Å². The Kier molecular flexibility index (Phi) is 5.61. The van der Waals surface area contributed by atoms with E-state index in [1.54, 1.807) is 18.2 Å². The van der Waals surface area contributed by atoms with Gasteiger partial charge in [0.25, 0.3) is 5.91 Å². The molecule has 138 valence electrons. The lowest BCUT2D eigenvalue weighted by atomic mass is 10.0. The van der Waals surface area contributed by atoms with Crippen molar-refractivity contribution in [1.29, 1.82) is 0 Å². The molecule has 0 spiro atoms. The quantitative estimate of drug-likeness (QED) is 0.655. The van der Waals surface area contributed by atoms with Gasteiger partial charge in [0.1, 0.15) is 11.5 Å². The van der Waals surface area contributed by atoms with E-state index < -0.39 is 17.9 Å². The number of halogens is 1. The molecular formula is C20H18FN3O3. The SMILES string of the molecule is COC(=O)CC(NC(=O)c1cc(-c2ccc(F)cc2)n[nH]1)c1ccccc1. The molecule has 0 saturated carbocycles. The van der Waals surface area contributed by atoms with Crippen molar-refractivity contribution in [3.63, 3.8) is 0 Å². The number of esters is 1.